The molecule has 0 aliphatic carbocycles. The van der Waals surface area contributed by atoms with Crippen LogP contribution in [0.1, 0.15) is 42.7 Å². The third kappa shape index (κ3) is 6.08. The Hall–Kier alpha value is -1.84. The second-order valence-electron chi connectivity index (χ2n) is 7.22. The number of anilines is 1. The number of aryl methyl sites for hydroxylation is 2. The van der Waals surface area contributed by atoms with E-state index < -0.39 is 0 Å². The van der Waals surface area contributed by atoms with Crippen LogP contribution in [0.25, 0.3) is 0 Å². The quantitative estimate of drug-likeness (QED) is 0.374. The van der Waals surface area contributed by atoms with Crippen molar-refractivity contribution >= 4 is 35.8 Å². The lowest BCUT2D eigenvalue weighted by molar-refractivity contribution is 0.436. The second-order valence-corrected chi connectivity index (χ2v) is 7.22. The van der Waals surface area contributed by atoms with Gasteiger partial charge in [0.05, 0.1) is 12.2 Å². The van der Waals surface area contributed by atoms with Crippen molar-refractivity contribution in [1.82, 2.24) is 20.6 Å². The van der Waals surface area contributed by atoms with Gasteiger partial charge in [0.15, 0.2) is 5.96 Å². The first kappa shape index (κ1) is 22.4. The third-order valence-electron chi connectivity index (χ3n) is 5.08. The number of aliphatic imine (C=N–C) groups is 1. The first-order valence-electron chi connectivity index (χ1n) is 9.62. The predicted octanol–water partition coefficient (Wildman–Crippen LogP) is 3.41. The standard InChI is InChI=1S/C20H30N6O.HI/c1-14-7-9-26(10-8-14)18-6-5-17(11-22-18)12-23-20(21-4)24-13-19-25-15(2)16(3)27-19;/h5-6,11,14H,7-10,12-13H2,1-4H3,(H2,21,23,24);1H. The summed E-state index contributed by atoms with van der Waals surface area (Å²) < 4.78 is 5.58. The number of pyridine rings is 1. The highest BCUT2D eigenvalue weighted by molar-refractivity contribution is 14.0. The lowest BCUT2D eigenvalue weighted by atomic mass is 9.99. The van der Waals surface area contributed by atoms with Crippen LogP contribution < -0.4 is 15.5 Å². The zero-order chi connectivity index (χ0) is 19.2. The average molecular weight is 498 g/mol. The molecule has 0 atom stereocenters. The van der Waals surface area contributed by atoms with Gasteiger partial charge in [0.25, 0.3) is 0 Å². The Bertz CT molecular complexity index is 746. The summed E-state index contributed by atoms with van der Waals surface area (Å²) in [6.07, 6.45) is 4.43. The van der Waals surface area contributed by atoms with Gasteiger partial charge in [0, 0.05) is 32.9 Å². The van der Waals surface area contributed by atoms with Crippen molar-refractivity contribution in [3.05, 3.63) is 41.2 Å². The molecule has 0 saturated carbocycles. The molecule has 1 aliphatic rings. The highest BCUT2D eigenvalue weighted by atomic mass is 127. The van der Waals surface area contributed by atoms with Crippen LogP contribution in [-0.2, 0) is 13.1 Å². The van der Waals surface area contributed by atoms with Gasteiger partial charge in [-0.2, -0.15) is 0 Å². The molecular formula is C20H31IN6O. The Morgan fingerprint density at radius 2 is 1.93 bits per heavy atom. The molecule has 3 heterocycles. The van der Waals surface area contributed by atoms with Gasteiger partial charge in [-0.25, -0.2) is 9.97 Å². The molecule has 0 bridgehead atoms. The minimum atomic E-state index is 0. The second kappa shape index (κ2) is 10.6. The number of hydrogen-bond acceptors (Lipinski definition) is 5. The molecule has 0 radical (unpaired) electrons. The van der Waals surface area contributed by atoms with E-state index in [0.29, 0.717) is 24.9 Å². The zero-order valence-corrected chi connectivity index (χ0v) is 19.5. The van der Waals surface area contributed by atoms with E-state index >= 15 is 0 Å². The molecule has 2 aromatic heterocycles. The normalized spacial score (nSPS) is 15.3. The summed E-state index contributed by atoms with van der Waals surface area (Å²) in [7, 11) is 1.75. The summed E-state index contributed by atoms with van der Waals surface area (Å²) in [5.41, 5.74) is 2.04. The van der Waals surface area contributed by atoms with E-state index in [9.17, 15) is 0 Å². The molecule has 154 valence electrons. The van der Waals surface area contributed by atoms with Crippen molar-refractivity contribution in [3.8, 4) is 0 Å². The van der Waals surface area contributed by atoms with Crippen LogP contribution in [-0.4, -0.2) is 36.1 Å². The molecule has 0 aromatic carbocycles. The van der Waals surface area contributed by atoms with Crippen molar-refractivity contribution in [1.29, 1.82) is 0 Å². The number of rotatable bonds is 5. The minimum Gasteiger partial charge on any atom is -0.444 e. The first-order chi connectivity index (χ1) is 13.0. The van der Waals surface area contributed by atoms with Crippen LogP contribution in [0.15, 0.2) is 27.7 Å². The van der Waals surface area contributed by atoms with E-state index in [0.717, 1.165) is 41.8 Å². The molecule has 1 aliphatic heterocycles. The fourth-order valence-electron chi connectivity index (χ4n) is 3.13. The molecule has 2 N–H and O–H groups in total. The molecule has 3 rings (SSSR count). The zero-order valence-electron chi connectivity index (χ0n) is 17.2. The topological polar surface area (TPSA) is 78.6 Å². The molecule has 8 heteroatoms. The monoisotopic (exact) mass is 498 g/mol. The van der Waals surface area contributed by atoms with Gasteiger partial charge in [-0.05, 0) is 44.2 Å². The van der Waals surface area contributed by atoms with Gasteiger partial charge < -0.3 is 20.0 Å². The number of aromatic nitrogens is 2. The highest BCUT2D eigenvalue weighted by Gasteiger charge is 2.16. The fraction of sp³-hybridized carbons (Fsp3) is 0.550. The van der Waals surface area contributed by atoms with Crippen LogP contribution in [0, 0.1) is 19.8 Å². The Labute approximate surface area is 184 Å². The third-order valence-corrected chi connectivity index (χ3v) is 5.08. The Morgan fingerprint density at radius 3 is 2.50 bits per heavy atom. The molecule has 0 spiro atoms. The number of guanidine groups is 1. The SMILES string of the molecule is CN=C(NCc1ccc(N2CCC(C)CC2)nc1)NCc1nc(C)c(C)o1.I. The van der Waals surface area contributed by atoms with Crippen molar-refractivity contribution in [2.45, 2.75) is 46.7 Å². The number of nitrogens with zero attached hydrogens (tertiary/aromatic N) is 4. The van der Waals surface area contributed by atoms with E-state index in [4.69, 9.17) is 4.42 Å². The van der Waals surface area contributed by atoms with Crippen molar-refractivity contribution in [3.63, 3.8) is 0 Å². The number of oxazole rings is 1. The predicted molar refractivity (Wildman–Crippen MR) is 123 cm³/mol. The van der Waals surface area contributed by atoms with Gasteiger partial charge in [-0.15, -0.1) is 24.0 Å². The average Bonchev–Trinajstić information content (AvgIpc) is 3.01. The lowest BCUT2D eigenvalue weighted by Crippen LogP contribution is -2.36. The lowest BCUT2D eigenvalue weighted by Gasteiger charge is -2.31. The number of piperidine rings is 1. The smallest absolute Gasteiger partial charge is 0.214 e. The largest absolute Gasteiger partial charge is 0.444 e. The highest BCUT2D eigenvalue weighted by Crippen LogP contribution is 2.21. The van der Waals surface area contributed by atoms with Crippen molar-refractivity contribution in [2.24, 2.45) is 10.9 Å². The van der Waals surface area contributed by atoms with Crippen LogP contribution in [0.3, 0.4) is 0 Å². The van der Waals surface area contributed by atoms with Crippen molar-refractivity contribution < 1.29 is 4.42 Å². The molecule has 2 aromatic rings. The summed E-state index contributed by atoms with van der Waals surface area (Å²) in [4.78, 5) is 15.6. The maximum atomic E-state index is 5.58. The van der Waals surface area contributed by atoms with Gasteiger partial charge in [0.1, 0.15) is 11.6 Å². The van der Waals surface area contributed by atoms with Gasteiger partial charge in [-0.3, -0.25) is 4.99 Å². The van der Waals surface area contributed by atoms with Gasteiger partial charge >= 0.3 is 0 Å². The fourth-order valence-corrected chi connectivity index (χ4v) is 3.13. The number of nitrogens with one attached hydrogen (secondary N) is 2. The maximum absolute atomic E-state index is 5.58. The van der Waals surface area contributed by atoms with E-state index in [1.165, 1.54) is 12.8 Å². The molecule has 0 unspecified atom stereocenters. The Balaban J connectivity index is 0.00000280. The van der Waals surface area contributed by atoms with Crippen LogP contribution >= 0.6 is 24.0 Å². The molecule has 1 saturated heterocycles. The van der Waals surface area contributed by atoms with Crippen molar-refractivity contribution in [2.75, 3.05) is 25.0 Å². The summed E-state index contributed by atoms with van der Waals surface area (Å²) in [5.74, 6) is 4.12. The van der Waals surface area contributed by atoms with Crippen LogP contribution in [0.2, 0.25) is 0 Å². The van der Waals surface area contributed by atoms with Gasteiger partial charge in [0.2, 0.25) is 5.89 Å². The number of halogens is 1. The molecule has 7 nitrogen and oxygen atoms in total. The van der Waals surface area contributed by atoms with Crippen LogP contribution in [0.5, 0.6) is 0 Å². The maximum Gasteiger partial charge on any atom is 0.214 e. The minimum absolute atomic E-state index is 0. The Morgan fingerprint density at radius 1 is 1.21 bits per heavy atom. The summed E-state index contributed by atoms with van der Waals surface area (Å²) in [6.45, 7) is 9.54. The first-order valence-corrected chi connectivity index (χ1v) is 9.62. The molecule has 28 heavy (non-hydrogen) atoms. The van der Waals surface area contributed by atoms with E-state index in [2.05, 4.69) is 49.6 Å². The number of hydrogen-bond donors (Lipinski definition) is 2. The summed E-state index contributed by atoms with van der Waals surface area (Å²) >= 11 is 0. The molecule has 0 amide bonds. The van der Waals surface area contributed by atoms with E-state index in [1.54, 1.807) is 7.05 Å². The van der Waals surface area contributed by atoms with E-state index in [-0.39, 0.29) is 24.0 Å². The van der Waals surface area contributed by atoms with Crippen LogP contribution in [0.4, 0.5) is 5.82 Å². The Kier molecular flexibility index (Phi) is 8.53. The summed E-state index contributed by atoms with van der Waals surface area (Å²) in [6, 6.07) is 4.24. The molecular weight excluding hydrogens is 467 g/mol. The van der Waals surface area contributed by atoms with E-state index in [1.807, 2.05) is 20.0 Å². The van der Waals surface area contributed by atoms with Gasteiger partial charge in [-0.1, -0.05) is 13.0 Å². The molecule has 1 fully saturated rings. The summed E-state index contributed by atoms with van der Waals surface area (Å²) in [5, 5.41) is 6.52.